The number of benzene rings is 2. The highest BCUT2D eigenvalue weighted by Crippen LogP contribution is 2.42. The van der Waals surface area contributed by atoms with E-state index >= 15 is 0 Å². The van der Waals surface area contributed by atoms with Gasteiger partial charge >= 0.3 is 11.8 Å². The van der Waals surface area contributed by atoms with Gasteiger partial charge in [-0.1, -0.05) is 23.2 Å². The average Bonchev–Trinajstić information content (AvgIpc) is 2.66. The lowest BCUT2D eigenvalue weighted by atomic mass is 10.0. The zero-order chi connectivity index (χ0) is 21.1. The first-order chi connectivity index (χ1) is 13.6. The molecular formula is C20H14Cl2F3NO3. The van der Waals surface area contributed by atoms with Gasteiger partial charge in [-0.25, -0.2) is 4.79 Å². The number of halogens is 5. The predicted molar refractivity (Wildman–Crippen MR) is 105 cm³/mol. The lowest BCUT2D eigenvalue weighted by Crippen LogP contribution is -2.32. The van der Waals surface area contributed by atoms with Gasteiger partial charge in [0.2, 0.25) is 0 Å². The smallest absolute Gasteiger partial charge is 0.416 e. The van der Waals surface area contributed by atoms with Crippen LogP contribution in [0.1, 0.15) is 22.3 Å². The van der Waals surface area contributed by atoms with E-state index in [1.807, 2.05) is 0 Å². The molecule has 2 aromatic carbocycles. The van der Waals surface area contributed by atoms with Crippen LogP contribution in [-0.4, -0.2) is 6.73 Å². The summed E-state index contributed by atoms with van der Waals surface area (Å²) in [6.45, 7) is 3.69. The minimum Gasteiger partial charge on any atom is -0.471 e. The van der Waals surface area contributed by atoms with Crippen LogP contribution >= 0.6 is 23.2 Å². The first-order valence-electron chi connectivity index (χ1n) is 8.58. The molecular weight excluding hydrogens is 430 g/mol. The van der Waals surface area contributed by atoms with E-state index < -0.39 is 17.4 Å². The maximum atomic E-state index is 12.9. The predicted octanol–water partition coefficient (Wildman–Crippen LogP) is 6.09. The third-order valence-corrected chi connectivity index (χ3v) is 5.66. The molecule has 0 unspecified atom stereocenters. The fourth-order valence-electron chi connectivity index (χ4n) is 3.36. The van der Waals surface area contributed by atoms with Gasteiger partial charge in [0.25, 0.3) is 0 Å². The number of fused-ring (bicyclic) bond motifs is 3. The molecule has 1 aliphatic rings. The van der Waals surface area contributed by atoms with Gasteiger partial charge in [0, 0.05) is 10.9 Å². The largest absolute Gasteiger partial charge is 0.471 e. The van der Waals surface area contributed by atoms with E-state index in [2.05, 4.69) is 0 Å². The summed E-state index contributed by atoms with van der Waals surface area (Å²) < 4.78 is 50.0. The SMILES string of the molecule is Cc1c(C)c2cc(Cl)c3c(c2oc1=O)CN(c1ccc(C(F)(F)F)cc1Cl)CO3. The molecule has 29 heavy (non-hydrogen) atoms. The summed E-state index contributed by atoms with van der Waals surface area (Å²) in [6.07, 6.45) is -4.49. The number of hydrogen-bond donors (Lipinski definition) is 0. The van der Waals surface area contributed by atoms with Crippen molar-refractivity contribution in [2.24, 2.45) is 0 Å². The molecule has 4 rings (SSSR count). The van der Waals surface area contributed by atoms with Crippen LogP contribution in [0.15, 0.2) is 33.5 Å². The van der Waals surface area contributed by atoms with Crippen LogP contribution in [0.2, 0.25) is 10.0 Å². The molecule has 3 aromatic rings. The van der Waals surface area contributed by atoms with Crippen LogP contribution in [0.25, 0.3) is 11.0 Å². The summed E-state index contributed by atoms with van der Waals surface area (Å²) in [7, 11) is 0. The molecule has 1 aromatic heterocycles. The number of hydrogen-bond acceptors (Lipinski definition) is 4. The van der Waals surface area contributed by atoms with Crippen molar-refractivity contribution >= 4 is 39.9 Å². The molecule has 2 heterocycles. The van der Waals surface area contributed by atoms with E-state index in [1.165, 1.54) is 6.07 Å². The van der Waals surface area contributed by atoms with Crippen LogP contribution < -0.4 is 15.3 Å². The fourth-order valence-corrected chi connectivity index (χ4v) is 3.94. The Morgan fingerprint density at radius 2 is 1.79 bits per heavy atom. The third kappa shape index (κ3) is 3.32. The van der Waals surface area contributed by atoms with Gasteiger partial charge in [-0.2, -0.15) is 13.2 Å². The van der Waals surface area contributed by atoms with E-state index in [1.54, 1.807) is 24.8 Å². The van der Waals surface area contributed by atoms with Crippen LogP contribution in [0.4, 0.5) is 18.9 Å². The van der Waals surface area contributed by atoms with Crippen LogP contribution in [0.3, 0.4) is 0 Å². The van der Waals surface area contributed by atoms with Crippen LogP contribution in [0, 0.1) is 13.8 Å². The molecule has 0 N–H and O–H groups in total. The van der Waals surface area contributed by atoms with Gasteiger partial charge in [0.05, 0.1) is 33.4 Å². The van der Waals surface area contributed by atoms with Gasteiger partial charge in [-0.05, 0) is 43.7 Å². The number of ether oxygens (including phenoxy) is 1. The highest BCUT2D eigenvalue weighted by atomic mass is 35.5. The fraction of sp³-hybridized carbons (Fsp3) is 0.250. The van der Waals surface area contributed by atoms with E-state index in [9.17, 15) is 18.0 Å². The molecule has 0 bridgehead atoms. The molecule has 0 radical (unpaired) electrons. The van der Waals surface area contributed by atoms with Gasteiger partial charge in [0.1, 0.15) is 11.3 Å². The van der Waals surface area contributed by atoms with E-state index in [0.29, 0.717) is 38.6 Å². The molecule has 9 heteroatoms. The number of alkyl halides is 3. The standard InChI is InChI=1S/C20H14Cl2F3NO3/c1-9-10(2)19(27)29-17-12(9)6-15(22)18-13(17)7-26(8-28-18)16-4-3-11(5-14(16)21)20(23,24)25/h3-6H,7-8H2,1-2H3. The second-order valence-corrected chi connectivity index (χ2v) is 7.63. The molecule has 0 aliphatic carbocycles. The summed E-state index contributed by atoms with van der Waals surface area (Å²) >= 11 is 12.5. The van der Waals surface area contributed by atoms with Crippen LogP contribution in [-0.2, 0) is 12.7 Å². The van der Waals surface area contributed by atoms with Gasteiger partial charge < -0.3 is 14.1 Å². The van der Waals surface area contributed by atoms with Crippen molar-refractivity contribution in [3.63, 3.8) is 0 Å². The molecule has 0 saturated carbocycles. The topological polar surface area (TPSA) is 42.7 Å². The molecule has 1 aliphatic heterocycles. The monoisotopic (exact) mass is 443 g/mol. The highest BCUT2D eigenvalue weighted by Gasteiger charge is 2.32. The zero-order valence-corrected chi connectivity index (χ0v) is 16.8. The summed E-state index contributed by atoms with van der Waals surface area (Å²) in [5, 5.41) is 0.975. The van der Waals surface area contributed by atoms with Crippen molar-refractivity contribution in [3.05, 3.63) is 67.0 Å². The molecule has 0 spiro atoms. The minimum absolute atomic E-state index is 0.0262. The lowest BCUT2D eigenvalue weighted by molar-refractivity contribution is -0.137. The van der Waals surface area contributed by atoms with E-state index in [4.69, 9.17) is 32.4 Å². The second kappa shape index (κ2) is 6.85. The first-order valence-corrected chi connectivity index (χ1v) is 9.33. The molecule has 0 fully saturated rings. The average molecular weight is 444 g/mol. The van der Waals surface area contributed by atoms with Crippen LogP contribution in [0.5, 0.6) is 5.75 Å². The molecule has 152 valence electrons. The Bertz CT molecular complexity index is 1200. The van der Waals surface area contributed by atoms with Crippen molar-refractivity contribution in [1.29, 1.82) is 0 Å². The normalized spacial score (nSPS) is 14.1. The van der Waals surface area contributed by atoms with Crippen molar-refractivity contribution in [3.8, 4) is 5.75 Å². The van der Waals surface area contributed by atoms with Gasteiger partial charge in [-0.3, -0.25) is 0 Å². The molecule has 4 nitrogen and oxygen atoms in total. The number of anilines is 1. The second-order valence-electron chi connectivity index (χ2n) is 6.82. The number of nitrogens with zero attached hydrogens (tertiary/aromatic N) is 1. The van der Waals surface area contributed by atoms with E-state index in [0.717, 1.165) is 17.7 Å². The summed E-state index contributed by atoms with van der Waals surface area (Å²) in [5.74, 6) is 0.379. The Morgan fingerprint density at radius 1 is 1.07 bits per heavy atom. The summed E-state index contributed by atoms with van der Waals surface area (Å²) in [5.41, 5.74) is 1.16. The summed E-state index contributed by atoms with van der Waals surface area (Å²) in [6, 6.07) is 4.80. The number of rotatable bonds is 1. The molecule has 0 amide bonds. The first kappa shape index (κ1) is 19.9. The Labute approximate surface area is 173 Å². The summed E-state index contributed by atoms with van der Waals surface area (Å²) in [4.78, 5) is 13.8. The Hall–Kier alpha value is -2.38. The number of aryl methyl sites for hydroxylation is 1. The highest BCUT2D eigenvalue weighted by molar-refractivity contribution is 6.33. The Kier molecular flexibility index (Phi) is 4.70. The van der Waals surface area contributed by atoms with Gasteiger partial charge in [0.15, 0.2) is 6.73 Å². The van der Waals surface area contributed by atoms with E-state index in [-0.39, 0.29) is 18.3 Å². The molecule has 0 saturated heterocycles. The van der Waals surface area contributed by atoms with Crippen molar-refractivity contribution < 1.29 is 22.3 Å². The van der Waals surface area contributed by atoms with Crippen molar-refractivity contribution in [1.82, 2.24) is 0 Å². The zero-order valence-electron chi connectivity index (χ0n) is 15.3. The van der Waals surface area contributed by atoms with Crippen molar-refractivity contribution in [2.75, 3.05) is 11.6 Å². The van der Waals surface area contributed by atoms with Gasteiger partial charge in [-0.15, -0.1) is 0 Å². The quantitative estimate of drug-likeness (QED) is 0.426. The maximum Gasteiger partial charge on any atom is 0.416 e. The Morgan fingerprint density at radius 3 is 2.45 bits per heavy atom. The lowest BCUT2D eigenvalue weighted by Gasteiger charge is -2.32. The van der Waals surface area contributed by atoms with Crippen molar-refractivity contribution in [2.45, 2.75) is 26.6 Å². The minimum atomic E-state index is -4.49. The molecule has 0 atom stereocenters. The Balaban J connectivity index is 1.83. The maximum absolute atomic E-state index is 12.9. The third-order valence-electron chi connectivity index (χ3n) is 5.08.